The van der Waals surface area contributed by atoms with Crippen LogP contribution in [0.1, 0.15) is 47.2 Å². The molecule has 0 radical (unpaired) electrons. The average molecular weight is 447 g/mol. The van der Waals surface area contributed by atoms with Crippen molar-refractivity contribution in [3.63, 3.8) is 0 Å². The van der Waals surface area contributed by atoms with Gasteiger partial charge in [0.1, 0.15) is 5.82 Å². The number of benzene rings is 1. The van der Waals surface area contributed by atoms with Crippen molar-refractivity contribution in [1.29, 1.82) is 0 Å². The molecule has 3 aromatic rings. The number of furan rings is 1. The molecular formula is C22H20ClFN2O3S. The van der Waals surface area contributed by atoms with Gasteiger partial charge in [-0.3, -0.25) is 14.5 Å². The first-order chi connectivity index (χ1) is 14.5. The van der Waals surface area contributed by atoms with Crippen LogP contribution in [-0.2, 0) is 4.79 Å². The second-order valence-electron chi connectivity index (χ2n) is 7.16. The number of carbonyl (C=O) groups excluding carboxylic acids is 2. The zero-order valence-corrected chi connectivity index (χ0v) is 17.6. The quantitative estimate of drug-likeness (QED) is 0.537. The second-order valence-corrected chi connectivity index (χ2v) is 8.55. The Bertz CT molecular complexity index is 1020. The third-order valence-electron chi connectivity index (χ3n) is 5.15. The van der Waals surface area contributed by atoms with Gasteiger partial charge in [0, 0.05) is 16.6 Å². The highest BCUT2D eigenvalue weighted by atomic mass is 35.5. The van der Waals surface area contributed by atoms with Gasteiger partial charge >= 0.3 is 0 Å². The fraction of sp³-hybridized carbons (Fsp3) is 0.273. The van der Waals surface area contributed by atoms with Crippen LogP contribution in [0.25, 0.3) is 0 Å². The minimum absolute atomic E-state index is 0.0747. The maximum atomic E-state index is 13.8. The highest BCUT2D eigenvalue weighted by Crippen LogP contribution is 2.34. The van der Waals surface area contributed by atoms with Crippen molar-refractivity contribution in [2.75, 3.05) is 4.90 Å². The summed E-state index contributed by atoms with van der Waals surface area (Å²) in [5.74, 6) is -1.33. The van der Waals surface area contributed by atoms with E-state index >= 15 is 0 Å². The molecule has 1 fully saturated rings. The third kappa shape index (κ3) is 4.27. The van der Waals surface area contributed by atoms with Crippen LogP contribution in [0.2, 0.25) is 5.02 Å². The molecule has 2 amide bonds. The van der Waals surface area contributed by atoms with Crippen LogP contribution in [0, 0.1) is 5.82 Å². The predicted octanol–water partition coefficient (Wildman–Crippen LogP) is 5.58. The molecule has 0 aliphatic heterocycles. The van der Waals surface area contributed by atoms with E-state index < -0.39 is 17.8 Å². The van der Waals surface area contributed by atoms with Crippen LogP contribution in [0.15, 0.2) is 58.5 Å². The second kappa shape index (κ2) is 9.02. The normalized spacial score (nSPS) is 15.1. The highest BCUT2D eigenvalue weighted by molar-refractivity contribution is 7.10. The van der Waals surface area contributed by atoms with Crippen molar-refractivity contribution in [3.05, 3.63) is 75.6 Å². The van der Waals surface area contributed by atoms with E-state index in [1.165, 1.54) is 46.8 Å². The Kier molecular flexibility index (Phi) is 6.20. The zero-order valence-electron chi connectivity index (χ0n) is 16.0. The summed E-state index contributed by atoms with van der Waals surface area (Å²) in [5, 5.41) is 4.79. The van der Waals surface area contributed by atoms with Crippen LogP contribution in [-0.4, -0.2) is 17.9 Å². The minimum atomic E-state index is -0.940. The SMILES string of the molecule is O=C(NC1CCCC1)[C@H](c1cccs1)N(C(=O)c1ccco1)c1ccc(F)c(Cl)c1. The fourth-order valence-electron chi connectivity index (χ4n) is 3.71. The highest BCUT2D eigenvalue weighted by Gasteiger charge is 2.36. The summed E-state index contributed by atoms with van der Waals surface area (Å²) in [6, 6.07) is 9.86. The molecule has 1 aliphatic rings. The van der Waals surface area contributed by atoms with Crippen molar-refractivity contribution in [2.45, 2.75) is 37.8 Å². The number of nitrogens with one attached hydrogen (secondary N) is 1. The van der Waals surface area contributed by atoms with E-state index in [1.54, 1.807) is 12.1 Å². The molecular weight excluding hydrogens is 427 g/mol. The zero-order chi connectivity index (χ0) is 21.1. The van der Waals surface area contributed by atoms with E-state index in [2.05, 4.69) is 5.32 Å². The Morgan fingerprint density at radius 1 is 1.20 bits per heavy atom. The Labute approximate surface area is 182 Å². The van der Waals surface area contributed by atoms with Gasteiger partial charge in [0.15, 0.2) is 11.8 Å². The Balaban J connectivity index is 1.78. The van der Waals surface area contributed by atoms with Crippen molar-refractivity contribution in [3.8, 4) is 0 Å². The summed E-state index contributed by atoms with van der Waals surface area (Å²) < 4.78 is 19.1. The van der Waals surface area contributed by atoms with Gasteiger partial charge in [-0.1, -0.05) is 30.5 Å². The number of rotatable bonds is 6. The predicted molar refractivity (Wildman–Crippen MR) is 114 cm³/mol. The average Bonchev–Trinajstić information content (AvgIpc) is 3.50. The minimum Gasteiger partial charge on any atom is -0.459 e. The van der Waals surface area contributed by atoms with Crippen molar-refractivity contribution in [1.82, 2.24) is 5.32 Å². The molecule has 1 atom stereocenters. The molecule has 156 valence electrons. The van der Waals surface area contributed by atoms with E-state index in [0.29, 0.717) is 10.6 Å². The molecule has 2 heterocycles. The van der Waals surface area contributed by atoms with Gasteiger partial charge in [-0.25, -0.2) is 4.39 Å². The number of carbonyl (C=O) groups is 2. The lowest BCUT2D eigenvalue weighted by Crippen LogP contribution is -2.46. The summed E-state index contributed by atoms with van der Waals surface area (Å²) in [5.41, 5.74) is 0.308. The van der Waals surface area contributed by atoms with Gasteiger partial charge in [0.2, 0.25) is 5.91 Å². The molecule has 30 heavy (non-hydrogen) atoms. The summed E-state index contributed by atoms with van der Waals surface area (Å²) in [7, 11) is 0. The van der Waals surface area contributed by atoms with Crippen LogP contribution >= 0.6 is 22.9 Å². The van der Waals surface area contributed by atoms with E-state index in [1.807, 2.05) is 11.4 Å². The molecule has 1 saturated carbocycles. The van der Waals surface area contributed by atoms with Crippen LogP contribution in [0.3, 0.4) is 0 Å². The van der Waals surface area contributed by atoms with E-state index in [-0.39, 0.29) is 22.7 Å². The molecule has 1 aromatic carbocycles. The summed E-state index contributed by atoms with van der Waals surface area (Å²) in [6.07, 6.45) is 5.35. The standard InChI is InChI=1S/C22H20ClFN2O3S/c23-16-13-15(9-10-17(16)24)26(22(28)18-7-3-11-29-18)20(19-8-4-12-30-19)21(27)25-14-5-1-2-6-14/h3-4,7-14,20H,1-2,5-6H2,(H,25,27)/t20-/m0/s1. The fourth-order valence-corrected chi connectivity index (χ4v) is 4.70. The Hall–Kier alpha value is -2.64. The number of hydrogen-bond donors (Lipinski definition) is 1. The molecule has 1 aliphatic carbocycles. The van der Waals surface area contributed by atoms with Crippen LogP contribution in [0.5, 0.6) is 0 Å². The molecule has 4 rings (SSSR count). The van der Waals surface area contributed by atoms with Gasteiger partial charge < -0.3 is 9.73 Å². The van der Waals surface area contributed by atoms with Crippen molar-refractivity contribution >= 4 is 40.4 Å². The summed E-state index contributed by atoms with van der Waals surface area (Å²) in [6.45, 7) is 0. The molecule has 2 aromatic heterocycles. The first-order valence-corrected chi connectivity index (χ1v) is 11.0. The van der Waals surface area contributed by atoms with Crippen LogP contribution < -0.4 is 10.2 Å². The van der Waals surface area contributed by atoms with Gasteiger partial charge in [0.05, 0.1) is 11.3 Å². The number of hydrogen-bond acceptors (Lipinski definition) is 4. The van der Waals surface area contributed by atoms with Crippen LogP contribution in [0.4, 0.5) is 10.1 Å². The Morgan fingerprint density at radius 2 is 2.00 bits per heavy atom. The third-order valence-corrected chi connectivity index (χ3v) is 6.37. The number of halogens is 2. The van der Waals surface area contributed by atoms with Crippen molar-refractivity contribution in [2.24, 2.45) is 0 Å². The number of nitrogens with zero attached hydrogens (tertiary/aromatic N) is 1. The topological polar surface area (TPSA) is 62.6 Å². The van der Waals surface area contributed by atoms with Gasteiger partial charge in [-0.15, -0.1) is 11.3 Å². The first kappa shape index (κ1) is 20.6. The molecule has 0 saturated heterocycles. The Morgan fingerprint density at radius 3 is 2.63 bits per heavy atom. The maximum absolute atomic E-state index is 13.8. The van der Waals surface area contributed by atoms with E-state index in [9.17, 15) is 14.0 Å². The monoisotopic (exact) mass is 446 g/mol. The summed E-state index contributed by atoms with van der Waals surface area (Å²) in [4.78, 5) is 28.8. The van der Waals surface area contributed by atoms with E-state index in [4.69, 9.17) is 16.0 Å². The molecule has 1 N–H and O–H groups in total. The molecule has 8 heteroatoms. The number of amides is 2. The number of thiophene rings is 1. The van der Waals surface area contributed by atoms with E-state index in [0.717, 1.165) is 25.7 Å². The smallest absolute Gasteiger partial charge is 0.295 e. The number of anilines is 1. The first-order valence-electron chi connectivity index (χ1n) is 9.70. The lowest BCUT2D eigenvalue weighted by molar-refractivity contribution is -0.123. The summed E-state index contributed by atoms with van der Waals surface area (Å²) >= 11 is 7.37. The molecule has 5 nitrogen and oxygen atoms in total. The molecule has 0 unspecified atom stereocenters. The van der Waals surface area contributed by atoms with Gasteiger partial charge in [-0.05, 0) is 54.6 Å². The largest absolute Gasteiger partial charge is 0.459 e. The molecule has 0 spiro atoms. The maximum Gasteiger partial charge on any atom is 0.295 e. The van der Waals surface area contributed by atoms with Crippen molar-refractivity contribution < 1.29 is 18.4 Å². The molecule has 0 bridgehead atoms. The lowest BCUT2D eigenvalue weighted by atomic mass is 10.1. The van der Waals surface area contributed by atoms with Gasteiger partial charge in [0.25, 0.3) is 5.91 Å². The van der Waals surface area contributed by atoms with Gasteiger partial charge in [-0.2, -0.15) is 0 Å². The lowest BCUT2D eigenvalue weighted by Gasteiger charge is -2.31.